The summed E-state index contributed by atoms with van der Waals surface area (Å²) in [4.78, 5) is 270. The maximum absolute atomic E-state index is 14.3. The number of aromatic amines is 1. The molecule has 3 aromatic carbocycles. The molecule has 58 heteroatoms. The standard InChI is InChI=1S/C91H118N26O31S/c1-7-59-83(133)113(5)61-40-98-88(107-71(61)117(59)53-12-8-9-13-53)103-58-22-18-49(36-63(58)141-6)73(127)101-51-26-29-114(30-27-51)31-34-142-35-32-115(42-65(121)102-57-15-10-14-55-56(57)41-116(82(55)132)60-23-21-54(118)37-62(60)119)89(137)147-46(2)47(3)149-99-45-146-81(84(134)135)111-85(136)91(4,140)112-77(131)80(145-44-68(124)125)109-76(130)79(143-33-11-28-95-86(92)93)108-75(129)78(144-43-67(122)123)104-64(120)24-25-66(148-90(138)139)105-72(126)48-16-19-50(20-17-48)96-38-52-39-97-70-69(100-52)74(128)110-87(94)106-70/h10,14-20,22,36,39-40,46-47,51,53,59-60,66,78-81,96,99,140H,7-9,11-13,21,23-35,37-38,41-45H2,1-6H3,(H,101,127)(H,102,121)(H,104,120)(H,105,126)(H,108,129)(H,109,130)(H,111,136)(H,112,131)(H,122,123)(H,124,125)(H,134,135)(H,138,139)(H4,92,93,95)(H,98,103,107)(H3,94,97,106,110,128)/t46?,47?,59?,60?,66?,78?,79?,80?,81?,91-/m0/s1. The molecule has 9 unspecified atom stereocenters. The number of ketones is 2. The fraction of sp³-hybridized carbons (Fsp3) is 0.495. The lowest BCUT2D eigenvalue weighted by atomic mass is 9.92. The summed E-state index contributed by atoms with van der Waals surface area (Å²) in [5.41, 5.74) is 10.0. The van der Waals surface area contributed by atoms with Gasteiger partial charge in [0.1, 0.15) is 55.9 Å². The number of piperidine rings is 1. The van der Waals surface area contributed by atoms with Crippen molar-refractivity contribution in [2.45, 2.75) is 197 Å². The molecular formula is C91H118N26O31S. The molecule has 11 rings (SSSR count). The number of nitrogens with zero attached hydrogens (tertiary/aromatic N) is 10. The number of anilines is 7. The van der Waals surface area contributed by atoms with Gasteiger partial charge in [-0.1, -0.05) is 37.8 Å². The minimum absolute atomic E-state index is 0.00673. The van der Waals surface area contributed by atoms with Gasteiger partial charge in [-0.05, 0) is 120 Å². The number of guanidine groups is 1. The largest absolute Gasteiger partial charge is 0.507 e. The highest BCUT2D eigenvalue weighted by molar-refractivity contribution is 7.98. The van der Waals surface area contributed by atoms with Gasteiger partial charge in [0.05, 0.1) is 75.0 Å². The molecule has 1 saturated heterocycles. The van der Waals surface area contributed by atoms with Crippen LogP contribution in [0.1, 0.15) is 153 Å². The number of fused-ring (bicyclic) bond motifs is 3. The number of ether oxygens (including phenoxy) is 8. The van der Waals surface area contributed by atoms with Gasteiger partial charge in [-0.3, -0.25) is 77.6 Å². The molecule has 10 atom stereocenters. The molecule has 0 bridgehead atoms. The topological polar surface area (TPSA) is 799 Å². The maximum Gasteiger partial charge on any atom is 0.507 e. The van der Waals surface area contributed by atoms with E-state index in [1.807, 2.05) is 28.2 Å². The van der Waals surface area contributed by atoms with E-state index >= 15 is 0 Å². The van der Waals surface area contributed by atoms with Gasteiger partial charge in [-0.25, -0.2) is 43.6 Å². The number of aliphatic carboxylic acids is 3. The van der Waals surface area contributed by atoms with Gasteiger partial charge < -0.3 is 153 Å². The number of nitrogens with two attached hydrogens (primary N) is 2. The summed E-state index contributed by atoms with van der Waals surface area (Å²) in [7, 11) is 3.22. The van der Waals surface area contributed by atoms with Gasteiger partial charge >= 0.3 is 30.2 Å². The number of methoxy groups -OCH3 is 1. The molecule has 3 fully saturated rings. The van der Waals surface area contributed by atoms with E-state index in [1.54, 1.807) is 60.7 Å². The molecule has 2 saturated carbocycles. The number of benzene rings is 3. The minimum atomic E-state index is -3.24. The molecule has 5 aliphatic rings. The molecule has 0 radical (unpaired) electrons. The van der Waals surface area contributed by atoms with Crippen LogP contribution in [0.3, 0.4) is 0 Å². The van der Waals surface area contributed by atoms with Gasteiger partial charge in [0.15, 0.2) is 35.0 Å². The lowest BCUT2D eigenvalue weighted by Crippen LogP contribution is -2.64. The molecule has 3 aromatic heterocycles. The zero-order valence-electron chi connectivity index (χ0n) is 81.8. The summed E-state index contributed by atoms with van der Waals surface area (Å²) in [6.07, 6.45) is -8.40. The molecule has 57 nitrogen and oxygen atoms in total. The zero-order valence-corrected chi connectivity index (χ0v) is 82.6. The summed E-state index contributed by atoms with van der Waals surface area (Å²) in [6.45, 7) is 2.23. The number of nitrogen functional groups attached to an aromatic ring is 1. The molecule has 149 heavy (non-hydrogen) atoms. The number of rotatable bonds is 54. The number of carbonyl (C=O) groups excluding carboxylic acids is 13. The number of aliphatic hydroxyl groups is 1. The first-order valence-corrected chi connectivity index (χ1v) is 48.0. The van der Waals surface area contributed by atoms with Crippen LogP contribution in [0.15, 0.2) is 77.9 Å². The van der Waals surface area contributed by atoms with Gasteiger partial charge in [0.25, 0.3) is 46.9 Å². The van der Waals surface area contributed by atoms with Gasteiger partial charge in [-0.15, -0.1) is 0 Å². The van der Waals surface area contributed by atoms with Crippen LogP contribution in [0.5, 0.6) is 5.75 Å². The van der Waals surface area contributed by atoms with E-state index in [0.717, 1.165) is 42.5 Å². The smallest absolute Gasteiger partial charge is 0.495 e. The number of nitrogens with one attached hydrogen (secondary N) is 14. The monoisotopic (exact) mass is 2100 g/mol. The highest BCUT2D eigenvalue weighted by Crippen LogP contribution is 2.41. The Morgan fingerprint density at radius 2 is 1.44 bits per heavy atom. The molecule has 23 N–H and O–H groups in total. The SMILES string of the molecule is CCC1C(=O)N(C)c2cnc(Nc3ccc(C(=O)NC4CCN(CCOCCN(CC(=O)Nc5cccc6c5CN(C5CCC(=O)CC5=O)C6=O)C(=O)OC(C)C(C)SNCOC(NC(=O)[C@](C)(O)NC(=O)C(NC(=O)C(NC(=O)C(NC(=O)CCC(NC(=O)c5ccc(NCc6cnc7nc(N)[nH]c(=O)c7n6)cc5)OC(=O)O)OCC(=O)O)OCCCNC(=N)N)OCC(=O)O)C(=O)O)CC4)cc3OC)nc2N1C1CCCC1. The molecule has 804 valence electrons. The van der Waals surface area contributed by atoms with E-state index in [2.05, 4.69) is 71.3 Å². The summed E-state index contributed by atoms with van der Waals surface area (Å²) in [5.74, 6) is -15.8. The summed E-state index contributed by atoms with van der Waals surface area (Å²) in [5, 5.41) is 83.2. The van der Waals surface area contributed by atoms with Crippen molar-refractivity contribution in [3.05, 3.63) is 111 Å². The van der Waals surface area contributed by atoms with E-state index < -0.39 is 195 Å². The van der Waals surface area contributed by atoms with Crippen LogP contribution in [0.4, 0.5) is 50.1 Å². The van der Waals surface area contributed by atoms with Crippen molar-refractivity contribution in [1.29, 1.82) is 5.41 Å². The number of hydrogen-bond donors (Lipinski definition) is 21. The number of likely N-dealkylation sites (tertiary alicyclic amines) is 1. The number of carboxylic acid groups (broad SMARTS) is 4. The summed E-state index contributed by atoms with van der Waals surface area (Å²) >= 11 is 0.828. The Kier molecular flexibility index (Phi) is 40.8. The Morgan fingerprint density at radius 1 is 0.745 bits per heavy atom. The van der Waals surface area contributed by atoms with Crippen LogP contribution in [0, 0.1) is 5.41 Å². The summed E-state index contributed by atoms with van der Waals surface area (Å²) in [6, 6.07) is 13.9. The molecule has 3 aliphatic heterocycles. The predicted octanol–water partition coefficient (Wildman–Crippen LogP) is -1.12. The first-order chi connectivity index (χ1) is 71.0. The van der Waals surface area contributed by atoms with E-state index in [0.29, 0.717) is 91.3 Å². The van der Waals surface area contributed by atoms with Crippen LogP contribution < -0.4 is 94.8 Å². The second-order valence-electron chi connectivity index (χ2n) is 34.9. The lowest BCUT2D eigenvalue weighted by molar-refractivity contribution is -0.165. The average molecular weight is 2100 g/mol. The maximum atomic E-state index is 14.3. The molecule has 6 heterocycles. The summed E-state index contributed by atoms with van der Waals surface area (Å²) < 4.78 is 46.2. The lowest BCUT2D eigenvalue weighted by Gasteiger charge is -2.43. The molecule has 11 amide bonds. The number of H-pyrrole nitrogens is 1. The van der Waals surface area contributed by atoms with E-state index in [-0.39, 0.29) is 141 Å². The Labute approximate surface area is 852 Å². The fourth-order valence-electron chi connectivity index (χ4n) is 16.3. The third-order valence-electron chi connectivity index (χ3n) is 24.1. The number of hydrogen-bond acceptors (Lipinski definition) is 40. The Bertz CT molecular complexity index is 5990. The molecular weight excluding hydrogens is 1990 g/mol. The van der Waals surface area contributed by atoms with Crippen molar-refractivity contribution < 1.29 is 145 Å². The third-order valence-corrected chi connectivity index (χ3v) is 25.1. The number of aromatic nitrogens is 6. The van der Waals surface area contributed by atoms with Crippen molar-refractivity contribution in [2.75, 3.05) is 125 Å². The van der Waals surface area contributed by atoms with Crippen molar-refractivity contribution in [1.82, 2.24) is 91.9 Å². The fourth-order valence-corrected chi connectivity index (χ4v) is 16.9. The van der Waals surface area contributed by atoms with Crippen molar-refractivity contribution in [3.8, 4) is 5.75 Å². The van der Waals surface area contributed by atoms with Gasteiger partial charge in [-0.2, -0.15) is 9.97 Å². The van der Waals surface area contributed by atoms with Gasteiger partial charge in [0.2, 0.25) is 60.3 Å². The van der Waals surface area contributed by atoms with E-state index in [1.165, 1.54) is 55.5 Å². The van der Waals surface area contributed by atoms with Gasteiger partial charge in [0, 0.05) is 111 Å². The van der Waals surface area contributed by atoms with Crippen LogP contribution in [0.2, 0.25) is 0 Å². The number of carboxylic acids is 3. The van der Waals surface area contributed by atoms with Crippen LogP contribution in [0.25, 0.3) is 11.2 Å². The van der Waals surface area contributed by atoms with E-state index in [9.17, 15) is 112 Å². The normalized spacial score (nSPS) is 17.1. The number of amides is 11. The van der Waals surface area contributed by atoms with Crippen molar-refractivity contribution in [2.24, 2.45) is 5.73 Å². The minimum Gasteiger partial charge on any atom is -0.495 e. The third kappa shape index (κ3) is 32.4. The van der Waals surface area contributed by atoms with E-state index in [4.69, 9.17) is 59.8 Å². The Balaban J connectivity index is 0.656. The number of likely N-dealkylation sites (N-methyl/N-ethyl adjacent to an activating group) is 1. The molecule has 2 aliphatic carbocycles. The van der Waals surface area contributed by atoms with Crippen LogP contribution in [-0.4, -0.2) is 342 Å². The van der Waals surface area contributed by atoms with Crippen molar-refractivity contribution in [3.63, 3.8) is 0 Å². The second-order valence-corrected chi connectivity index (χ2v) is 36.2. The first-order valence-electron chi connectivity index (χ1n) is 47.2. The zero-order chi connectivity index (χ0) is 108. The predicted molar refractivity (Wildman–Crippen MR) is 522 cm³/mol. The second kappa shape index (κ2) is 53.6. The first kappa shape index (κ1) is 114. The Morgan fingerprint density at radius 3 is 2.10 bits per heavy atom. The molecule has 6 aromatic rings. The number of carbonyl (C=O) groups is 17. The highest BCUT2D eigenvalue weighted by atomic mass is 32.2. The average Bonchev–Trinajstić information content (AvgIpc) is 1.75. The number of Topliss-reactive ketones (excluding diaryl/α,β-unsaturated/α-hetero) is 2. The van der Waals surface area contributed by atoms with Crippen molar-refractivity contribution >= 4 is 170 Å². The van der Waals surface area contributed by atoms with Crippen LogP contribution in [-0.2, 0) is 104 Å². The Hall–Kier alpha value is -15.7. The van der Waals surface area contributed by atoms with Crippen LogP contribution >= 0.6 is 11.9 Å². The quantitative estimate of drug-likeness (QED) is 0.00409. The molecule has 0 spiro atoms. The highest BCUT2D eigenvalue weighted by Gasteiger charge is 2.45.